The molecule has 1 heterocycles. The standard InChI is InChI=1S/C17H19N3O3/c1-17(13-5-6-13)15(21)20(16(22)19-17)9-2-10-23-14-7-3-12(11-18)4-8-14/h3-4,7-8,13H,2,5-6,9-10H2,1H3,(H,19,22). The second-order valence-corrected chi connectivity index (χ2v) is 6.20. The number of nitriles is 1. The van der Waals surface area contributed by atoms with E-state index in [1.54, 1.807) is 24.3 Å². The van der Waals surface area contributed by atoms with E-state index in [1.807, 2.05) is 13.0 Å². The molecule has 0 radical (unpaired) electrons. The van der Waals surface area contributed by atoms with Crippen molar-refractivity contribution in [2.45, 2.75) is 31.7 Å². The molecule has 120 valence electrons. The van der Waals surface area contributed by atoms with Gasteiger partial charge in [0.25, 0.3) is 5.91 Å². The highest BCUT2D eigenvalue weighted by Gasteiger charge is 2.55. The summed E-state index contributed by atoms with van der Waals surface area (Å²) in [7, 11) is 0. The number of rotatable bonds is 6. The molecular weight excluding hydrogens is 294 g/mol. The zero-order valence-corrected chi connectivity index (χ0v) is 13.0. The molecule has 3 amide bonds. The van der Waals surface area contributed by atoms with Crippen molar-refractivity contribution in [2.24, 2.45) is 5.92 Å². The maximum Gasteiger partial charge on any atom is 0.325 e. The second kappa shape index (κ2) is 5.92. The first-order valence-electron chi connectivity index (χ1n) is 7.81. The van der Waals surface area contributed by atoms with Crippen LogP contribution >= 0.6 is 0 Å². The molecule has 3 rings (SSSR count). The lowest BCUT2D eigenvalue weighted by atomic mass is 9.96. The average molecular weight is 313 g/mol. The Morgan fingerprint density at radius 3 is 2.65 bits per heavy atom. The van der Waals surface area contributed by atoms with E-state index in [2.05, 4.69) is 5.32 Å². The predicted octanol–water partition coefficient (Wildman–Crippen LogP) is 2.05. The van der Waals surface area contributed by atoms with Gasteiger partial charge in [0.05, 0.1) is 18.2 Å². The number of amides is 3. The zero-order chi connectivity index (χ0) is 16.4. The SMILES string of the molecule is CC1(C2CC2)NC(=O)N(CCCOc2ccc(C#N)cc2)C1=O. The maximum atomic E-state index is 12.4. The lowest BCUT2D eigenvalue weighted by Gasteiger charge is -2.20. The summed E-state index contributed by atoms with van der Waals surface area (Å²) in [6.07, 6.45) is 2.57. The van der Waals surface area contributed by atoms with Crippen molar-refractivity contribution in [3.63, 3.8) is 0 Å². The Labute approximate surface area is 135 Å². The topological polar surface area (TPSA) is 82.4 Å². The number of nitrogens with one attached hydrogen (secondary N) is 1. The van der Waals surface area contributed by atoms with Gasteiger partial charge in [-0.3, -0.25) is 9.69 Å². The van der Waals surface area contributed by atoms with Crippen molar-refractivity contribution in [3.05, 3.63) is 29.8 Å². The summed E-state index contributed by atoms with van der Waals surface area (Å²) in [6.45, 7) is 2.57. The van der Waals surface area contributed by atoms with Gasteiger partial charge >= 0.3 is 6.03 Å². The normalized spacial score (nSPS) is 23.6. The van der Waals surface area contributed by atoms with E-state index in [1.165, 1.54) is 4.90 Å². The highest BCUT2D eigenvalue weighted by atomic mass is 16.5. The van der Waals surface area contributed by atoms with Gasteiger partial charge in [-0.15, -0.1) is 0 Å². The van der Waals surface area contributed by atoms with Crippen LogP contribution in [-0.2, 0) is 4.79 Å². The molecule has 6 nitrogen and oxygen atoms in total. The highest BCUT2D eigenvalue weighted by molar-refractivity contribution is 6.07. The lowest BCUT2D eigenvalue weighted by Crippen LogP contribution is -2.46. The Kier molecular flexibility index (Phi) is 3.95. The number of nitrogens with zero attached hydrogens (tertiary/aromatic N) is 2. The molecule has 23 heavy (non-hydrogen) atoms. The number of benzene rings is 1. The minimum Gasteiger partial charge on any atom is -0.494 e. The third-order valence-electron chi connectivity index (χ3n) is 4.47. The first-order valence-corrected chi connectivity index (χ1v) is 7.81. The summed E-state index contributed by atoms with van der Waals surface area (Å²) in [6, 6.07) is 8.58. The van der Waals surface area contributed by atoms with Gasteiger partial charge in [0.15, 0.2) is 0 Å². The molecule has 1 N–H and O–H groups in total. The fourth-order valence-electron chi connectivity index (χ4n) is 2.89. The number of ether oxygens (including phenoxy) is 1. The number of urea groups is 1. The Morgan fingerprint density at radius 1 is 1.35 bits per heavy atom. The third kappa shape index (κ3) is 3.00. The van der Waals surface area contributed by atoms with Crippen LogP contribution in [0.4, 0.5) is 4.79 Å². The molecule has 1 aromatic rings. The molecule has 0 aromatic heterocycles. The summed E-state index contributed by atoms with van der Waals surface area (Å²) >= 11 is 0. The van der Waals surface area contributed by atoms with Crippen LogP contribution in [0.1, 0.15) is 31.7 Å². The molecule has 2 aliphatic rings. The van der Waals surface area contributed by atoms with E-state index in [9.17, 15) is 9.59 Å². The van der Waals surface area contributed by atoms with Crippen LogP contribution in [0.2, 0.25) is 0 Å². The molecule has 1 aliphatic heterocycles. The molecule has 1 unspecified atom stereocenters. The number of imide groups is 1. The lowest BCUT2D eigenvalue weighted by molar-refractivity contribution is -0.131. The number of hydrogen-bond donors (Lipinski definition) is 1. The molecule has 2 fully saturated rings. The summed E-state index contributed by atoms with van der Waals surface area (Å²) < 4.78 is 5.57. The fraction of sp³-hybridized carbons (Fsp3) is 0.471. The Morgan fingerprint density at radius 2 is 2.04 bits per heavy atom. The van der Waals surface area contributed by atoms with Crippen molar-refractivity contribution < 1.29 is 14.3 Å². The van der Waals surface area contributed by atoms with Gasteiger partial charge in [0.2, 0.25) is 0 Å². The molecule has 6 heteroatoms. The van der Waals surface area contributed by atoms with Gasteiger partial charge in [-0.2, -0.15) is 5.26 Å². The maximum absolute atomic E-state index is 12.4. The van der Waals surface area contributed by atoms with Crippen LogP contribution in [-0.4, -0.2) is 35.5 Å². The van der Waals surface area contributed by atoms with E-state index < -0.39 is 5.54 Å². The van der Waals surface area contributed by atoms with Gasteiger partial charge in [0.1, 0.15) is 11.3 Å². The highest BCUT2D eigenvalue weighted by Crippen LogP contribution is 2.42. The summed E-state index contributed by atoms with van der Waals surface area (Å²) in [4.78, 5) is 25.7. The molecule has 1 saturated heterocycles. The quantitative estimate of drug-likeness (QED) is 0.643. The Bertz CT molecular complexity index is 661. The molecule has 1 saturated carbocycles. The minimum atomic E-state index is -0.717. The van der Waals surface area contributed by atoms with Gasteiger partial charge in [0, 0.05) is 6.54 Å². The molecule has 0 bridgehead atoms. The van der Waals surface area contributed by atoms with E-state index in [0.29, 0.717) is 30.9 Å². The van der Waals surface area contributed by atoms with Gasteiger partial charge < -0.3 is 10.1 Å². The van der Waals surface area contributed by atoms with Crippen LogP contribution in [0.3, 0.4) is 0 Å². The summed E-state index contributed by atoms with van der Waals surface area (Å²) in [5, 5.41) is 11.6. The first-order chi connectivity index (χ1) is 11.0. The zero-order valence-electron chi connectivity index (χ0n) is 13.0. The monoisotopic (exact) mass is 313 g/mol. The molecule has 1 aromatic carbocycles. The van der Waals surface area contributed by atoms with Crippen molar-refractivity contribution in [1.29, 1.82) is 5.26 Å². The summed E-state index contributed by atoms with van der Waals surface area (Å²) in [5.41, 5.74) is -0.138. The number of hydrogen-bond acceptors (Lipinski definition) is 4. The van der Waals surface area contributed by atoms with Crippen LogP contribution in [0.25, 0.3) is 0 Å². The largest absolute Gasteiger partial charge is 0.494 e. The molecule has 1 atom stereocenters. The molecule has 1 aliphatic carbocycles. The number of carbonyl (C=O) groups is 2. The van der Waals surface area contributed by atoms with Crippen molar-refractivity contribution in [1.82, 2.24) is 10.2 Å². The predicted molar refractivity (Wildman–Crippen MR) is 82.6 cm³/mol. The van der Waals surface area contributed by atoms with Gasteiger partial charge in [-0.1, -0.05) is 0 Å². The van der Waals surface area contributed by atoms with E-state index in [0.717, 1.165) is 12.8 Å². The van der Waals surface area contributed by atoms with Crippen LogP contribution < -0.4 is 10.1 Å². The number of carbonyl (C=O) groups excluding carboxylic acids is 2. The smallest absolute Gasteiger partial charge is 0.325 e. The van der Waals surface area contributed by atoms with Gasteiger partial charge in [-0.25, -0.2) is 4.79 Å². The minimum absolute atomic E-state index is 0.122. The third-order valence-corrected chi connectivity index (χ3v) is 4.47. The Hall–Kier alpha value is -2.55. The van der Waals surface area contributed by atoms with Crippen molar-refractivity contribution >= 4 is 11.9 Å². The second-order valence-electron chi connectivity index (χ2n) is 6.20. The first kappa shape index (κ1) is 15.3. The molecular formula is C17H19N3O3. The molecule has 0 spiro atoms. The van der Waals surface area contributed by atoms with Gasteiger partial charge in [-0.05, 0) is 56.4 Å². The van der Waals surface area contributed by atoms with E-state index >= 15 is 0 Å². The van der Waals surface area contributed by atoms with E-state index in [4.69, 9.17) is 10.00 Å². The van der Waals surface area contributed by atoms with Crippen LogP contribution in [0, 0.1) is 17.2 Å². The van der Waals surface area contributed by atoms with E-state index in [-0.39, 0.29) is 17.9 Å². The fourth-order valence-corrected chi connectivity index (χ4v) is 2.89. The van der Waals surface area contributed by atoms with Crippen molar-refractivity contribution in [3.8, 4) is 11.8 Å². The Balaban J connectivity index is 1.48. The van der Waals surface area contributed by atoms with Crippen LogP contribution in [0.5, 0.6) is 5.75 Å². The van der Waals surface area contributed by atoms with Crippen LogP contribution in [0.15, 0.2) is 24.3 Å². The summed E-state index contributed by atoms with van der Waals surface area (Å²) in [5.74, 6) is 0.825. The van der Waals surface area contributed by atoms with Crippen molar-refractivity contribution in [2.75, 3.05) is 13.2 Å². The average Bonchev–Trinajstić information content (AvgIpc) is 3.37.